The second-order valence-electron chi connectivity index (χ2n) is 1.66. The van der Waals surface area contributed by atoms with Crippen molar-refractivity contribution >= 4 is 17.6 Å². The number of hydrogen-bond acceptors (Lipinski definition) is 3. The molecule has 1 aromatic rings. The van der Waals surface area contributed by atoms with Gasteiger partial charge in [-0.2, -0.15) is 0 Å². The number of benzene rings is 1. The Balaban J connectivity index is 0.000000461. The monoisotopic (exact) mass is 170 g/mol. The maximum Gasteiger partial charge on any atom is 0.0465 e. The average molecular weight is 170 g/mol. The molecule has 0 radical (unpaired) electrons. The molecule has 62 valence electrons. The van der Waals surface area contributed by atoms with Crippen LogP contribution in [0.25, 0.3) is 0 Å². The van der Waals surface area contributed by atoms with Crippen LogP contribution in [0.3, 0.4) is 0 Å². The normalized spacial score (nSPS) is 8.27. The Kier molecular flexibility index (Phi) is 5.70. The second kappa shape index (κ2) is 6.07. The van der Waals surface area contributed by atoms with E-state index in [0.29, 0.717) is 0 Å². The van der Waals surface area contributed by atoms with Crippen molar-refractivity contribution in [1.82, 2.24) is 0 Å². The summed E-state index contributed by atoms with van der Waals surface area (Å²) in [6, 6.07) is 7.51. The Morgan fingerprint density at radius 1 is 1.18 bits per heavy atom. The van der Waals surface area contributed by atoms with Crippen LogP contribution in [-0.4, -0.2) is 0 Å². The SMILES string of the molecule is CC.NSc1ccccc1N. The number of hydrogen-bond donors (Lipinski definition) is 2. The van der Waals surface area contributed by atoms with Gasteiger partial charge in [0.2, 0.25) is 0 Å². The van der Waals surface area contributed by atoms with Gasteiger partial charge in [0.05, 0.1) is 0 Å². The van der Waals surface area contributed by atoms with Crippen molar-refractivity contribution in [2.45, 2.75) is 18.7 Å². The highest BCUT2D eigenvalue weighted by Gasteiger charge is 1.91. The molecule has 0 atom stereocenters. The van der Waals surface area contributed by atoms with Crippen LogP contribution in [0.15, 0.2) is 29.2 Å². The Morgan fingerprint density at radius 2 is 1.73 bits per heavy atom. The van der Waals surface area contributed by atoms with Gasteiger partial charge in [-0.25, -0.2) is 0 Å². The van der Waals surface area contributed by atoms with Crippen LogP contribution < -0.4 is 10.9 Å². The highest BCUT2D eigenvalue weighted by atomic mass is 32.2. The third-order valence-corrected chi connectivity index (χ3v) is 1.67. The fourth-order valence-corrected chi connectivity index (χ4v) is 0.949. The Hall–Kier alpha value is -0.670. The highest BCUT2D eigenvalue weighted by molar-refractivity contribution is 7.97. The summed E-state index contributed by atoms with van der Waals surface area (Å²) >= 11 is 1.17. The molecule has 0 heterocycles. The lowest BCUT2D eigenvalue weighted by Crippen LogP contribution is -1.88. The Morgan fingerprint density at radius 3 is 2.09 bits per heavy atom. The van der Waals surface area contributed by atoms with E-state index in [1.807, 2.05) is 38.1 Å². The fraction of sp³-hybridized carbons (Fsp3) is 0.250. The molecular weight excluding hydrogens is 156 g/mol. The summed E-state index contributed by atoms with van der Waals surface area (Å²) in [5.41, 5.74) is 6.27. The smallest absolute Gasteiger partial charge is 0.0465 e. The van der Waals surface area contributed by atoms with Gasteiger partial charge in [-0.1, -0.05) is 26.0 Å². The van der Waals surface area contributed by atoms with Crippen molar-refractivity contribution in [2.75, 3.05) is 5.73 Å². The van der Waals surface area contributed by atoms with Crippen molar-refractivity contribution in [3.63, 3.8) is 0 Å². The molecule has 0 aliphatic heterocycles. The molecule has 0 unspecified atom stereocenters. The molecule has 0 aliphatic rings. The molecule has 0 saturated heterocycles. The van der Waals surface area contributed by atoms with Crippen LogP contribution in [0.5, 0.6) is 0 Å². The quantitative estimate of drug-likeness (QED) is 0.502. The van der Waals surface area contributed by atoms with E-state index in [2.05, 4.69) is 0 Å². The molecule has 0 amide bonds. The zero-order chi connectivity index (χ0) is 8.69. The second-order valence-corrected chi connectivity index (χ2v) is 2.33. The molecule has 3 heteroatoms. The molecule has 0 fully saturated rings. The van der Waals surface area contributed by atoms with E-state index in [0.717, 1.165) is 10.6 Å². The maximum absolute atomic E-state index is 5.53. The lowest BCUT2D eigenvalue weighted by molar-refractivity contribution is 1.46. The van der Waals surface area contributed by atoms with Gasteiger partial charge in [0, 0.05) is 10.6 Å². The third-order valence-electron chi connectivity index (χ3n) is 1.05. The predicted molar refractivity (Wildman–Crippen MR) is 52.2 cm³/mol. The zero-order valence-electron chi connectivity index (χ0n) is 6.87. The standard InChI is InChI=1S/C6H8N2S.C2H6/c7-5-3-1-2-4-6(5)9-8;1-2/h1-4H,7-8H2;1-2H3. The van der Waals surface area contributed by atoms with Gasteiger partial charge in [-0.15, -0.1) is 0 Å². The number of para-hydroxylation sites is 1. The molecular formula is C8H14N2S. The van der Waals surface area contributed by atoms with E-state index in [4.69, 9.17) is 10.9 Å². The summed E-state index contributed by atoms with van der Waals surface area (Å²) in [7, 11) is 0. The van der Waals surface area contributed by atoms with Crippen LogP contribution in [0, 0.1) is 0 Å². The first kappa shape index (κ1) is 10.3. The van der Waals surface area contributed by atoms with Gasteiger partial charge < -0.3 is 5.73 Å². The van der Waals surface area contributed by atoms with Crippen LogP contribution in [-0.2, 0) is 0 Å². The summed E-state index contributed by atoms with van der Waals surface area (Å²) in [4.78, 5) is 0.928. The minimum absolute atomic E-state index is 0.741. The lowest BCUT2D eigenvalue weighted by Gasteiger charge is -1.97. The van der Waals surface area contributed by atoms with E-state index < -0.39 is 0 Å². The van der Waals surface area contributed by atoms with E-state index >= 15 is 0 Å². The van der Waals surface area contributed by atoms with Crippen LogP contribution in [0.1, 0.15) is 13.8 Å². The van der Waals surface area contributed by atoms with Gasteiger partial charge in [-0.3, -0.25) is 5.14 Å². The van der Waals surface area contributed by atoms with Gasteiger partial charge >= 0.3 is 0 Å². The van der Waals surface area contributed by atoms with Crippen molar-refractivity contribution in [3.8, 4) is 0 Å². The summed E-state index contributed by atoms with van der Waals surface area (Å²) in [6.45, 7) is 4.00. The molecule has 2 nitrogen and oxygen atoms in total. The molecule has 0 aromatic heterocycles. The van der Waals surface area contributed by atoms with Crippen LogP contribution in [0.2, 0.25) is 0 Å². The van der Waals surface area contributed by atoms with Crippen molar-refractivity contribution in [1.29, 1.82) is 0 Å². The molecule has 0 saturated carbocycles. The van der Waals surface area contributed by atoms with E-state index in [-0.39, 0.29) is 0 Å². The highest BCUT2D eigenvalue weighted by Crippen LogP contribution is 2.18. The summed E-state index contributed by atoms with van der Waals surface area (Å²) in [5, 5.41) is 5.29. The molecule has 0 bridgehead atoms. The summed E-state index contributed by atoms with van der Waals surface area (Å²) < 4.78 is 0. The molecule has 0 spiro atoms. The summed E-state index contributed by atoms with van der Waals surface area (Å²) in [6.07, 6.45) is 0. The molecule has 4 N–H and O–H groups in total. The number of rotatable bonds is 1. The molecule has 1 aromatic carbocycles. The summed E-state index contributed by atoms with van der Waals surface area (Å²) in [5.74, 6) is 0. The van der Waals surface area contributed by atoms with E-state index in [1.54, 1.807) is 0 Å². The van der Waals surface area contributed by atoms with Crippen molar-refractivity contribution < 1.29 is 0 Å². The lowest BCUT2D eigenvalue weighted by atomic mass is 10.3. The Labute approximate surface area is 72.1 Å². The van der Waals surface area contributed by atoms with Gasteiger partial charge in [-0.05, 0) is 24.1 Å². The Bertz CT molecular complexity index is 201. The molecule has 1 rings (SSSR count). The topological polar surface area (TPSA) is 52.0 Å². The largest absolute Gasteiger partial charge is 0.398 e. The first-order valence-corrected chi connectivity index (χ1v) is 4.44. The van der Waals surface area contributed by atoms with Crippen LogP contribution >= 0.6 is 11.9 Å². The van der Waals surface area contributed by atoms with Gasteiger partial charge in [0.15, 0.2) is 0 Å². The minimum Gasteiger partial charge on any atom is -0.398 e. The van der Waals surface area contributed by atoms with E-state index in [1.165, 1.54) is 11.9 Å². The number of nitrogens with two attached hydrogens (primary N) is 2. The first-order valence-electron chi connectivity index (χ1n) is 3.56. The van der Waals surface area contributed by atoms with Gasteiger partial charge in [0.25, 0.3) is 0 Å². The van der Waals surface area contributed by atoms with Crippen LogP contribution in [0.4, 0.5) is 5.69 Å². The third kappa shape index (κ3) is 3.30. The van der Waals surface area contributed by atoms with E-state index in [9.17, 15) is 0 Å². The number of nitrogen functional groups attached to an aromatic ring is 1. The van der Waals surface area contributed by atoms with Crippen molar-refractivity contribution in [3.05, 3.63) is 24.3 Å². The van der Waals surface area contributed by atoms with Crippen molar-refractivity contribution in [2.24, 2.45) is 5.14 Å². The fourth-order valence-electron chi connectivity index (χ4n) is 0.588. The average Bonchev–Trinajstić information content (AvgIpc) is 2.09. The molecule has 11 heavy (non-hydrogen) atoms. The number of anilines is 1. The first-order chi connectivity index (χ1) is 5.34. The van der Waals surface area contributed by atoms with Gasteiger partial charge in [0.1, 0.15) is 0 Å². The molecule has 0 aliphatic carbocycles. The maximum atomic E-state index is 5.53. The zero-order valence-corrected chi connectivity index (χ0v) is 7.69. The predicted octanol–water partition coefficient (Wildman–Crippen LogP) is 2.26. The minimum atomic E-state index is 0.741.